The molecule has 0 aliphatic carbocycles. The van der Waals surface area contributed by atoms with Gasteiger partial charge in [-0.25, -0.2) is 13.9 Å². The Balaban J connectivity index is 6.19. The van der Waals surface area contributed by atoms with E-state index < -0.39 is 49.2 Å². The smallest absolute Gasteiger partial charge is 0.338 e. The maximum absolute atomic E-state index is 11.1. The number of hydrogen-bond acceptors (Lipinski definition) is 6. The van der Waals surface area contributed by atoms with Crippen molar-refractivity contribution in [2.45, 2.75) is 30.5 Å². The van der Waals surface area contributed by atoms with Gasteiger partial charge in [0.25, 0.3) is 0 Å². The lowest BCUT2D eigenvalue weighted by molar-refractivity contribution is -0.176. The average Bonchev–Trinajstić information content (AvgIpc) is 2.16. The molecule has 0 aliphatic heterocycles. The van der Waals surface area contributed by atoms with Crippen molar-refractivity contribution in [3.05, 3.63) is 0 Å². The predicted molar refractivity (Wildman–Crippen MR) is 53.8 cm³/mol. The third-order valence-electron chi connectivity index (χ3n) is 2.62. The third kappa shape index (κ3) is 2.27. The molecule has 0 saturated heterocycles. The van der Waals surface area contributed by atoms with Crippen LogP contribution in [0.5, 0.6) is 0 Å². The molecule has 0 saturated carbocycles. The molecule has 18 heavy (non-hydrogen) atoms. The second-order valence-corrected chi connectivity index (χ2v) is 4.79. The van der Waals surface area contributed by atoms with Crippen LogP contribution in [0.15, 0.2) is 0 Å². The molecule has 0 aromatic rings. The highest BCUT2D eigenvalue weighted by molar-refractivity contribution is 7.34. The second kappa shape index (κ2) is 5.28. The summed E-state index contributed by atoms with van der Waals surface area (Å²) >= 11 is 0. The van der Waals surface area contributed by atoms with Gasteiger partial charge in [-0.1, -0.05) is 6.92 Å². The summed E-state index contributed by atoms with van der Waals surface area (Å²) in [7, 11) is -3.93. The summed E-state index contributed by atoms with van der Waals surface area (Å²) in [5.74, 6) is -6.18. The van der Waals surface area contributed by atoms with E-state index in [1.165, 1.54) is 0 Å². The molecule has 0 aromatic heterocycles. The summed E-state index contributed by atoms with van der Waals surface area (Å²) in [4.78, 5) is 32.5. The van der Waals surface area contributed by atoms with Crippen LogP contribution in [-0.4, -0.2) is 49.1 Å². The lowest BCUT2D eigenvalue weighted by Crippen LogP contribution is -2.61. The van der Waals surface area contributed by atoms with E-state index >= 15 is 0 Å². The Labute approximate surface area is 101 Å². The van der Waals surface area contributed by atoms with Crippen LogP contribution in [0.3, 0.4) is 0 Å². The summed E-state index contributed by atoms with van der Waals surface area (Å²) < 4.78 is 22.1. The van der Waals surface area contributed by atoms with Crippen LogP contribution in [0.4, 0.5) is 0 Å². The van der Waals surface area contributed by atoms with Gasteiger partial charge in [0.15, 0.2) is 0 Å². The minimum absolute atomic E-state index is 0.795. The zero-order valence-corrected chi connectivity index (χ0v) is 10.1. The van der Waals surface area contributed by atoms with Crippen molar-refractivity contribution in [1.29, 1.82) is 0 Å². The quantitative estimate of drug-likeness (QED) is 0.457. The van der Waals surface area contributed by atoms with Gasteiger partial charge in [0, 0.05) is 0 Å². The molecular formula is C8H11O9P. The maximum atomic E-state index is 11.1. The molecular weight excluding hydrogens is 271 g/mol. The van der Waals surface area contributed by atoms with Crippen LogP contribution < -0.4 is 0 Å². The standard InChI is InChI=1S/C8H11O9P/c1-2-8(6(13)14,18(16)17)7(15,5(11)12)3-4(9)10/h15H,2-3H2,1H3,(H,9,10)(H,11,12)(H,13,14). The van der Waals surface area contributed by atoms with E-state index in [2.05, 4.69) is 0 Å². The van der Waals surface area contributed by atoms with Crippen molar-refractivity contribution in [3.63, 3.8) is 0 Å². The first-order chi connectivity index (χ1) is 8.06. The van der Waals surface area contributed by atoms with Gasteiger partial charge in [0.2, 0.25) is 10.8 Å². The Morgan fingerprint density at radius 1 is 1.06 bits per heavy atom. The van der Waals surface area contributed by atoms with Crippen molar-refractivity contribution < 1.29 is 43.9 Å². The zero-order chi connectivity index (χ0) is 14.7. The summed E-state index contributed by atoms with van der Waals surface area (Å²) in [5.41, 5.74) is -3.45. The highest BCUT2D eigenvalue weighted by Gasteiger charge is 2.65. The monoisotopic (exact) mass is 282 g/mol. The molecule has 0 bridgehead atoms. The Morgan fingerprint density at radius 2 is 1.50 bits per heavy atom. The Kier molecular flexibility index (Phi) is 4.77. The first-order valence-corrected chi connectivity index (χ1v) is 5.79. The van der Waals surface area contributed by atoms with Crippen LogP contribution in [0.25, 0.3) is 0 Å². The van der Waals surface area contributed by atoms with E-state index in [-0.39, 0.29) is 0 Å². The molecule has 4 N–H and O–H groups in total. The van der Waals surface area contributed by atoms with E-state index in [0.717, 1.165) is 6.92 Å². The van der Waals surface area contributed by atoms with Gasteiger partial charge in [0.1, 0.15) is 0 Å². The number of rotatable bonds is 7. The van der Waals surface area contributed by atoms with Crippen molar-refractivity contribution in [2.24, 2.45) is 0 Å². The molecule has 2 atom stereocenters. The van der Waals surface area contributed by atoms with Gasteiger partial charge >= 0.3 is 25.6 Å². The summed E-state index contributed by atoms with van der Waals surface area (Å²) in [6.45, 7) is 1.02. The fourth-order valence-electron chi connectivity index (χ4n) is 1.60. The van der Waals surface area contributed by atoms with Crippen LogP contribution in [0.2, 0.25) is 0 Å². The van der Waals surface area contributed by atoms with Gasteiger partial charge in [0.05, 0.1) is 6.42 Å². The molecule has 10 heteroatoms. The summed E-state index contributed by atoms with van der Waals surface area (Å²) in [5, 5.41) is 32.9. The fraction of sp³-hybridized carbons (Fsp3) is 0.625. The number of aliphatic carboxylic acids is 3. The van der Waals surface area contributed by atoms with Gasteiger partial charge in [-0.3, -0.25) is 9.59 Å². The van der Waals surface area contributed by atoms with Gasteiger partial charge in [-0.05, 0) is 6.42 Å². The molecule has 102 valence electrons. The van der Waals surface area contributed by atoms with E-state index in [1.54, 1.807) is 0 Å². The van der Waals surface area contributed by atoms with Crippen molar-refractivity contribution in [3.8, 4) is 0 Å². The first-order valence-electron chi connectivity index (χ1n) is 4.61. The fourth-order valence-corrected chi connectivity index (χ4v) is 2.49. The van der Waals surface area contributed by atoms with E-state index in [1.807, 2.05) is 0 Å². The highest BCUT2D eigenvalue weighted by atomic mass is 31.1. The van der Waals surface area contributed by atoms with E-state index in [9.17, 15) is 28.6 Å². The molecule has 2 unspecified atom stereocenters. The number of carboxylic acid groups (broad SMARTS) is 3. The Hall–Kier alpha value is -1.73. The Morgan fingerprint density at radius 3 is 1.67 bits per heavy atom. The zero-order valence-electron chi connectivity index (χ0n) is 9.19. The van der Waals surface area contributed by atoms with Crippen molar-refractivity contribution >= 4 is 25.6 Å². The first kappa shape index (κ1) is 16.3. The minimum atomic E-state index is -3.93. The van der Waals surface area contributed by atoms with Gasteiger partial charge in [-0.2, -0.15) is 0 Å². The second-order valence-electron chi connectivity index (χ2n) is 3.51. The molecule has 0 amide bonds. The number of carboxylic acids is 3. The summed E-state index contributed by atoms with van der Waals surface area (Å²) in [6, 6.07) is 0. The summed E-state index contributed by atoms with van der Waals surface area (Å²) in [6.07, 6.45) is -2.34. The molecule has 0 aromatic carbocycles. The highest BCUT2D eigenvalue weighted by Crippen LogP contribution is 2.44. The molecule has 0 fully saturated rings. The largest absolute Gasteiger partial charge is 0.481 e. The molecule has 0 rings (SSSR count). The maximum Gasteiger partial charge on any atom is 0.338 e. The van der Waals surface area contributed by atoms with Gasteiger partial charge < -0.3 is 20.4 Å². The molecule has 0 heterocycles. The third-order valence-corrected chi connectivity index (χ3v) is 4.12. The van der Waals surface area contributed by atoms with Crippen molar-refractivity contribution in [1.82, 2.24) is 0 Å². The molecule has 0 aliphatic rings. The number of aliphatic hydroxyl groups is 1. The van der Waals surface area contributed by atoms with Crippen LogP contribution in [-0.2, 0) is 23.5 Å². The predicted octanol–water partition coefficient (Wildman–Crippen LogP) is -0.317. The topological polar surface area (TPSA) is 166 Å². The Bertz CT molecular complexity index is 445. The molecule has 0 spiro atoms. The number of carbonyl (C=O) groups is 3. The molecule has 9 nitrogen and oxygen atoms in total. The number of hydrogen-bond donors (Lipinski definition) is 4. The lowest BCUT2D eigenvalue weighted by atomic mass is 9.81. The molecule has 0 radical (unpaired) electrons. The van der Waals surface area contributed by atoms with Gasteiger partial charge in [-0.15, -0.1) is 0 Å². The van der Waals surface area contributed by atoms with Crippen molar-refractivity contribution in [2.75, 3.05) is 0 Å². The SMILES string of the molecule is CCC(C(=O)O)(P(=O)=O)C(O)(CC(=O)O)C(=O)O. The normalized spacial score (nSPS) is 17.2. The van der Waals surface area contributed by atoms with E-state index in [0.29, 0.717) is 0 Å². The van der Waals surface area contributed by atoms with Crippen LogP contribution in [0, 0.1) is 0 Å². The van der Waals surface area contributed by atoms with Crippen LogP contribution >= 0.6 is 7.68 Å². The van der Waals surface area contributed by atoms with Crippen LogP contribution in [0.1, 0.15) is 19.8 Å². The average molecular weight is 282 g/mol. The lowest BCUT2D eigenvalue weighted by Gasteiger charge is -2.33. The van der Waals surface area contributed by atoms with E-state index in [4.69, 9.17) is 15.3 Å². The minimum Gasteiger partial charge on any atom is -0.481 e.